The molecule has 0 aliphatic carbocycles. The lowest BCUT2D eigenvalue weighted by atomic mass is 10.1. The molecule has 2 aromatic rings. The molecule has 2 aromatic carbocycles. The van der Waals surface area contributed by atoms with Crippen molar-refractivity contribution in [2.45, 2.75) is 46.5 Å². The van der Waals surface area contributed by atoms with E-state index in [1.807, 2.05) is 31.2 Å². The summed E-state index contributed by atoms with van der Waals surface area (Å²) in [4.78, 5) is 23.4. The molecule has 0 radical (unpaired) electrons. The van der Waals surface area contributed by atoms with Gasteiger partial charge < -0.3 is 24.1 Å². The minimum Gasteiger partial charge on any atom is -0.493 e. The lowest BCUT2D eigenvalue weighted by Crippen LogP contribution is -2.17. The zero-order chi connectivity index (χ0) is 24.2. The smallest absolute Gasteiger partial charge is 0.374 e. The molecule has 7 heteroatoms. The van der Waals surface area contributed by atoms with E-state index in [-0.39, 0.29) is 11.3 Å². The van der Waals surface area contributed by atoms with E-state index in [1.165, 1.54) is 19.6 Å². The van der Waals surface area contributed by atoms with Crippen LogP contribution in [0.3, 0.4) is 0 Å². The number of esters is 1. The van der Waals surface area contributed by atoms with E-state index in [1.54, 1.807) is 12.1 Å². The average molecular weight is 457 g/mol. The predicted molar refractivity (Wildman–Crippen MR) is 125 cm³/mol. The van der Waals surface area contributed by atoms with Gasteiger partial charge in [-0.05, 0) is 43.5 Å². The summed E-state index contributed by atoms with van der Waals surface area (Å²) in [5.41, 5.74) is 1.69. The fourth-order valence-electron chi connectivity index (χ4n) is 3.24. The predicted octanol–water partition coefficient (Wildman–Crippen LogP) is 4.96. The Morgan fingerprint density at radius 3 is 2.18 bits per heavy atom. The van der Waals surface area contributed by atoms with Crippen LogP contribution in [0.5, 0.6) is 17.2 Å². The molecule has 0 heterocycles. The Kier molecular flexibility index (Phi) is 10.3. The van der Waals surface area contributed by atoms with Crippen molar-refractivity contribution >= 4 is 11.9 Å². The normalized spacial score (nSPS) is 11.4. The molecular weight excluding hydrogens is 424 g/mol. The van der Waals surface area contributed by atoms with Crippen molar-refractivity contribution in [2.75, 3.05) is 20.3 Å². The van der Waals surface area contributed by atoms with E-state index < -0.39 is 11.9 Å². The van der Waals surface area contributed by atoms with Crippen LogP contribution in [-0.4, -0.2) is 37.4 Å². The van der Waals surface area contributed by atoms with Crippen LogP contribution in [0.25, 0.3) is 0 Å². The van der Waals surface area contributed by atoms with Crippen LogP contribution in [0.15, 0.2) is 53.8 Å². The van der Waals surface area contributed by atoms with Crippen molar-refractivity contribution < 1.29 is 33.6 Å². The Morgan fingerprint density at radius 1 is 0.909 bits per heavy atom. The summed E-state index contributed by atoms with van der Waals surface area (Å²) in [5, 5.41) is 9.27. The minimum atomic E-state index is -1.26. The second-order valence-corrected chi connectivity index (χ2v) is 7.35. The maximum absolute atomic E-state index is 12.1. The van der Waals surface area contributed by atoms with Crippen LogP contribution in [0.4, 0.5) is 0 Å². The van der Waals surface area contributed by atoms with Crippen LogP contribution >= 0.6 is 0 Å². The van der Waals surface area contributed by atoms with Crippen LogP contribution in [0.1, 0.15) is 44.7 Å². The topological polar surface area (TPSA) is 91.3 Å². The largest absolute Gasteiger partial charge is 0.493 e. The van der Waals surface area contributed by atoms with Gasteiger partial charge in [0.15, 0.2) is 0 Å². The first-order valence-electron chi connectivity index (χ1n) is 11.1. The lowest BCUT2D eigenvalue weighted by Gasteiger charge is -2.17. The molecule has 2 rings (SSSR count). The monoisotopic (exact) mass is 456 g/mol. The van der Waals surface area contributed by atoms with Gasteiger partial charge in [-0.1, -0.05) is 44.5 Å². The van der Waals surface area contributed by atoms with Gasteiger partial charge in [0, 0.05) is 12.0 Å². The van der Waals surface area contributed by atoms with E-state index in [0.717, 1.165) is 24.2 Å². The van der Waals surface area contributed by atoms with Crippen molar-refractivity contribution in [3.8, 4) is 17.2 Å². The third kappa shape index (κ3) is 7.27. The number of rotatable bonds is 13. The number of aliphatic carboxylic acids is 1. The van der Waals surface area contributed by atoms with Gasteiger partial charge in [-0.15, -0.1) is 0 Å². The molecule has 0 saturated heterocycles. The van der Waals surface area contributed by atoms with Gasteiger partial charge in [0.25, 0.3) is 0 Å². The number of hydrogen-bond donors (Lipinski definition) is 1. The van der Waals surface area contributed by atoms with Gasteiger partial charge in [0.05, 0.1) is 25.9 Å². The highest BCUT2D eigenvalue weighted by Gasteiger charge is 2.22. The number of methoxy groups -OCH3 is 1. The van der Waals surface area contributed by atoms with E-state index in [0.29, 0.717) is 37.6 Å². The van der Waals surface area contributed by atoms with Gasteiger partial charge in [0.2, 0.25) is 5.76 Å². The summed E-state index contributed by atoms with van der Waals surface area (Å²) in [6, 6.07) is 13.2. The molecule has 0 saturated carbocycles. The highest BCUT2D eigenvalue weighted by molar-refractivity contribution is 5.98. The zero-order valence-corrected chi connectivity index (χ0v) is 19.7. The highest BCUT2D eigenvalue weighted by atomic mass is 16.6. The summed E-state index contributed by atoms with van der Waals surface area (Å²) in [7, 11) is 1.17. The van der Waals surface area contributed by atoms with Crippen molar-refractivity contribution in [3.05, 3.63) is 64.9 Å². The number of carboxylic acids is 1. The molecule has 0 unspecified atom stereocenters. The number of hydrogen-bond acceptors (Lipinski definition) is 6. The zero-order valence-electron chi connectivity index (χ0n) is 19.7. The van der Waals surface area contributed by atoms with Crippen LogP contribution in [-0.2, 0) is 27.2 Å². The molecule has 0 aliphatic heterocycles. The number of carbonyl (C=O) groups excluding carboxylic acids is 1. The van der Waals surface area contributed by atoms with Crippen molar-refractivity contribution in [2.24, 2.45) is 0 Å². The number of para-hydroxylation sites is 1. The second kappa shape index (κ2) is 13.2. The second-order valence-electron chi connectivity index (χ2n) is 7.35. The Balaban J connectivity index is 2.05. The Labute approximate surface area is 194 Å². The van der Waals surface area contributed by atoms with Crippen LogP contribution in [0, 0.1) is 0 Å². The molecule has 178 valence electrons. The third-order valence-corrected chi connectivity index (χ3v) is 4.98. The van der Waals surface area contributed by atoms with Crippen molar-refractivity contribution in [1.82, 2.24) is 0 Å². The minimum absolute atomic E-state index is 0.240. The van der Waals surface area contributed by atoms with Crippen molar-refractivity contribution in [3.63, 3.8) is 0 Å². The van der Waals surface area contributed by atoms with Gasteiger partial charge in [-0.3, -0.25) is 0 Å². The van der Waals surface area contributed by atoms with E-state index >= 15 is 0 Å². The fraction of sp³-hybridized carbons (Fsp3) is 0.385. The average Bonchev–Trinajstić information content (AvgIpc) is 2.82. The van der Waals surface area contributed by atoms with E-state index in [4.69, 9.17) is 14.2 Å². The number of aryl methyl sites for hydroxylation is 1. The Bertz CT molecular complexity index is 978. The summed E-state index contributed by atoms with van der Waals surface area (Å²) in [5.74, 6) is -0.625. The Hall–Kier alpha value is -3.48. The van der Waals surface area contributed by atoms with Gasteiger partial charge in [-0.25, -0.2) is 9.59 Å². The number of carbonyl (C=O) groups is 2. The summed E-state index contributed by atoms with van der Waals surface area (Å²) in [6.45, 7) is 6.31. The fourth-order valence-corrected chi connectivity index (χ4v) is 3.24. The molecule has 0 amide bonds. The summed E-state index contributed by atoms with van der Waals surface area (Å²) in [6.07, 6.45) is 3.27. The van der Waals surface area contributed by atoms with Crippen LogP contribution in [0.2, 0.25) is 0 Å². The quantitative estimate of drug-likeness (QED) is 0.197. The number of ether oxygens (including phenoxy) is 4. The molecule has 0 atom stereocenters. The molecular formula is C26H32O7. The molecule has 0 aliphatic rings. The maximum Gasteiger partial charge on any atom is 0.374 e. The molecule has 0 bridgehead atoms. The number of benzene rings is 2. The maximum atomic E-state index is 12.1. The Morgan fingerprint density at radius 2 is 1.55 bits per heavy atom. The van der Waals surface area contributed by atoms with Gasteiger partial charge in [-0.2, -0.15) is 0 Å². The van der Waals surface area contributed by atoms with E-state index in [9.17, 15) is 14.7 Å². The summed E-state index contributed by atoms with van der Waals surface area (Å²) < 4.78 is 22.3. The lowest BCUT2D eigenvalue weighted by molar-refractivity contribution is -0.140. The van der Waals surface area contributed by atoms with Crippen molar-refractivity contribution in [1.29, 1.82) is 0 Å². The first-order chi connectivity index (χ1) is 15.9. The molecule has 33 heavy (non-hydrogen) atoms. The molecule has 0 aromatic heterocycles. The standard InChI is InChI=1S/C26H32O7/c1-5-11-19-12-7-8-13-21(19)31-16-10-17-32-22-14-9-15-23(20(22)6-2)33-24(26(29)30-4)18(3)25(27)28/h7-9,12-15H,5-6,10-11,16-17H2,1-4H3,(H,27,28). The number of carboxylic acid groups (broad SMARTS) is 1. The first kappa shape index (κ1) is 25.8. The van der Waals surface area contributed by atoms with E-state index in [2.05, 4.69) is 17.7 Å². The molecule has 7 nitrogen and oxygen atoms in total. The summed E-state index contributed by atoms with van der Waals surface area (Å²) >= 11 is 0. The van der Waals surface area contributed by atoms with Crippen LogP contribution < -0.4 is 14.2 Å². The van der Waals surface area contributed by atoms with Gasteiger partial charge >= 0.3 is 11.9 Å². The SMILES string of the molecule is CCCc1ccccc1OCCCOc1cccc(OC(C(=O)OC)=C(C)C(=O)O)c1CC. The van der Waals surface area contributed by atoms with Gasteiger partial charge in [0.1, 0.15) is 17.2 Å². The highest BCUT2D eigenvalue weighted by Crippen LogP contribution is 2.31. The first-order valence-corrected chi connectivity index (χ1v) is 11.1. The third-order valence-electron chi connectivity index (χ3n) is 4.98. The molecule has 1 N–H and O–H groups in total. The molecule has 0 spiro atoms. The molecule has 0 fully saturated rings.